The van der Waals surface area contributed by atoms with Crippen molar-refractivity contribution in [1.29, 1.82) is 0 Å². The van der Waals surface area contributed by atoms with Crippen molar-refractivity contribution in [2.45, 2.75) is 26.2 Å². The van der Waals surface area contributed by atoms with Gasteiger partial charge in [-0.25, -0.2) is 0 Å². The summed E-state index contributed by atoms with van der Waals surface area (Å²) in [6.07, 6.45) is 2.39. The zero-order valence-corrected chi connectivity index (χ0v) is 10.3. The van der Waals surface area contributed by atoms with Gasteiger partial charge in [0.15, 0.2) is 0 Å². The van der Waals surface area contributed by atoms with Gasteiger partial charge >= 0.3 is 0 Å². The van der Waals surface area contributed by atoms with Crippen LogP contribution in [0.3, 0.4) is 0 Å². The van der Waals surface area contributed by atoms with Crippen LogP contribution in [0.5, 0.6) is 0 Å². The molecule has 1 rings (SSSR count). The number of benzene rings is 1. The highest BCUT2D eigenvalue weighted by molar-refractivity contribution is 9.09. The van der Waals surface area contributed by atoms with E-state index in [0.717, 1.165) is 29.3 Å². The quantitative estimate of drug-likeness (QED) is 0.468. The highest BCUT2D eigenvalue weighted by atomic mass is 79.9. The number of nitro benzene ring substituents is 1. The predicted molar refractivity (Wildman–Crippen MR) is 64.6 cm³/mol. The molecule has 3 nitrogen and oxygen atoms in total. The molecule has 15 heavy (non-hydrogen) atoms. The summed E-state index contributed by atoms with van der Waals surface area (Å²) in [6.45, 7) is 1.94. The van der Waals surface area contributed by atoms with E-state index in [4.69, 9.17) is 0 Å². The van der Waals surface area contributed by atoms with Gasteiger partial charge in [-0.15, -0.1) is 0 Å². The number of halogens is 1. The first-order valence-corrected chi connectivity index (χ1v) is 6.14. The van der Waals surface area contributed by atoms with Gasteiger partial charge in [0.25, 0.3) is 5.69 Å². The maximum Gasteiger partial charge on any atom is 0.275 e. The van der Waals surface area contributed by atoms with Crippen molar-refractivity contribution in [3.05, 3.63) is 39.4 Å². The van der Waals surface area contributed by atoms with Crippen molar-refractivity contribution in [3.8, 4) is 0 Å². The number of nitrogens with zero attached hydrogens (tertiary/aromatic N) is 1. The monoisotopic (exact) mass is 271 g/mol. The fourth-order valence-corrected chi connectivity index (χ4v) is 1.90. The summed E-state index contributed by atoms with van der Waals surface area (Å²) in [4.78, 5) is 10.7. The van der Waals surface area contributed by atoms with Gasteiger partial charge in [0.1, 0.15) is 0 Å². The lowest BCUT2D eigenvalue weighted by Gasteiger charge is -2.05. The summed E-state index contributed by atoms with van der Waals surface area (Å²) < 4.78 is 0. The van der Waals surface area contributed by atoms with Crippen molar-refractivity contribution in [3.63, 3.8) is 0 Å². The Balaban J connectivity index is 3.07. The molecule has 0 atom stereocenters. The molecule has 0 radical (unpaired) electrons. The van der Waals surface area contributed by atoms with Crippen molar-refractivity contribution in [2.75, 3.05) is 5.33 Å². The van der Waals surface area contributed by atoms with Gasteiger partial charge < -0.3 is 0 Å². The van der Waals surface area contributed by atoms with E-state index in [2.05, 4.69) is 15.9 Å². The molecule has 0 saturated carbocycles. The zero-order valence-electron chi connectivity index (χ0n) is 8.70. The molecule has 0 amide bonds. The van der Waals surface area contributed by atoms with E-state index < -0.39 is 0 Å². The Kier molecular flexibility index (Phi) is 4.75. The lowest BCUT2D eigenvalue weighted by atomic mass is 10.0. The Morgan fingerprint density at radius 3 is 2.60 bits per heavy atom. The fraction of sp³-hybridized carbons (Fsp3) is 0.455. The second-order valence-corrected chi connectivity index (χ2v) is 4.12. The first-order valence-electron chi connectivity index (χ1n) is 5.01. The topological polar surface area (TPSA) is 43.1 Å². The van der Waals surface area contributed by atoms with Crippen LogP contribution in [0.15, 0.2) is 18.2 Å². The maximum absolute atomic E-state index is 11.0. The minimum absolute atomic E-state index is 0.262. The van der Waals surface area contributed by atoms with Crippen molar-refractivity contribution < 1.29 is 4.92 Å². The summed E-state index contributed by atoms with van der Waals surface area (Å²) in [6, 6.07) is 5.57. The number of hydrogen-bond acceptors (Lipinski definition) is 2. The van der Waals surface area contributed by atoms with Crippen molar-refractivity contribution in [1.82, 2.24) is 0 Å². The predicted octanol–water partition coefficient (Wildman–Crippen LogP) is 3.48. The molecule has 82 valence electrons. The van der Waals surface area contributed by atoms with Crippen molar-refractivity contribution in [2.24, 2.45) is 0 Å². The maximum atomic E-state index is 11.0. The third kappa shape index (κ3) is 3.02. The van der Waals surface area contributed by atoms with E-state index in [1.807, 2.05) is 25.1 Å². The van der Waals surface area contributed by atoms with Gasteiger partial charge in [-0.1, -0.05) is 41.1 Å². The van der Waals surface area contributed by atoms with E-state index >= 15 is 0 Å². The lowest BCUT2D eigenvalue weighted by molar-refractivity contribution is -0.386. The van der Waals surface area contributed by atoms with Crippen LogP contribution in [0, 0.1) is 10.1 Å². The Bertz CT molecular complexity index is 352. The molecule has 0 aliphatic carbocycles. The van der Waals surface area contributed by atoms with Gasteiger partial charge in [0.05, 0.1) is 4.92 Å². The first kappa shape index (κ1) is 12.2. The molecule has 0 aliphatic heterocycles. The molecule has 0 heterocycles. The van der Waals surface area contributed by atoms with E-state index in [1.54, 1.807) is 0 Å². The average Bonchev–Trinajstić information content (AvgIpc) is 2.25. The number of hydrogen-bond donors (Lipinski definition) is 0. The molecule has 0 saturated heterocycles. The molecule has 4 heteroatoms. The molecule has 0 bridgehead atoms. The molecule has 1 aromatic carbocycles. The highest BCUT2D eigenvalue weighted by Gasteiger charge is 2.17. The fourth-order valence-electron chi connectivity index (χ4n) is 1.62. The summed E-state index contributed by atoms with van der Waals surface area (Å²) in [5, 5.41) is 11.8. The van der Waals surface area contributed by atoms with Crippen LogP contribution in [0.1, 0.15) is 24.5 Å². The van der Waals surface area contributed by atoms with Crippen LogP contribution >= 0.6 is 15.9 Å². The highest BCUT2D eigenvalue weighted by Crippen LogP contribution is 2.25. The summed E-state index contributed by atoms with van der Waals surface area (Å²) in [7, 11) is 0. The summed E-state index contributed by atoms with van der Waals surface area (Å²) in [5.41, 5.74) is 1.98. The van der Waals surface area contributed by atoms with Crippen LogP contribution in [-0.2, 0) is 12.8 Å². The lowest BCUT2D eigenvalue weighted by Crippen LogP contribution is -2.00. The Morgan fingerprint density at radius 1 is 1.40 bits per heavy atom. The average molecular weight is 272 g/mol. The minimum Gasteiger partial charge on any atom is -0.258 e. The molecule has 0 spiro atoms. The number of rotatable bonds is 5. The third-order valence-corrected chi connectivity index (χ3v) is 2.91. The van der Waals surface area contributed by atoms with Crippen LogP contribution in [0.2, 0.25) is 0 Å². The van der Waals surface area contributed by atoms with E-state index in [-0.39, 0.29) is 4.92 Å². The van der Waals surface area contributed by atoms with Gasteiger partial charge in [0, 0.05) is 16.5 Å². The van der Waals surface area contributed by atoms with Crippen LogP contribution in [0.4, 0.5) is 5.69 Å². The minimum atomic E-state index is -0.262. The number of alkyl halides is 1. The molecular weight excluding hydrogens is 258 g/mol. The molecule has 0 aromatic heterocycles. The smallest absolute Gasteiger partial charge is 0.258 e. The number of nitro groups is 1. The Morgan fingerprint density at radius 2 is 2.07 bits per heavy atom. The van der Waals surface area contributed by atoms with Crippen LogP contribution in [-0.4, -0.2) is 10.3 Å². The molecule has 0 N–H and O–H groups in total. The van der Waals surface area contributed by atoms with Gasteiger partial charge in [-0.3, -0.25) is 10.1 Å². The molecule has 0 fully saturated rings. The summed E-state index contributed by atoms with van der Waals surface area (Å²) >= 11 is 3.33. The SMILES string of the molecule is CCc1cccc(CCCBr)c1[N+](=O)[O-]. The second kappa shape index (κ2) is 5.85. The first-order chi connectivity index (χ1) is 7.20. The molecule has 0 aliphatic rings. The Hall–Kier alpha value is -0.900. The largest absolute Gasteiger partial charge is 0.275 e. The number of aryl methyl sites for hydroxylation is 2. The van der Waals surface area contributed by atoms with Crippen LogP contribution in [0.25, 0.3) is 0 Å². The van der Waals surface area contributed by atoms with Gasteiger partial charge in [-0.2, -0.15) is 0 Å². The summed E-state index contributed by atoms with van der Waals surface area (Å²) in [5.74, 6) is 0. The molecular formula is C11H14BrNO2. The van der Waals surface area contributed by atoms with Crippen molar-refractivity contribution >= 4 is 21.6 Å². The number of para-hydroxylation sites is 1. The van der Waals surface area contributed by atoms with E-state index in [9.17, 15) is 10.1 Å². The standard InChI is InChI=1S/C11H14BrNO2/c1-2-9-5-3-6-10(7-4-8-12)11(9)13(14)15/h3,5-6H,2,4,7-8H2,1H3. The normalized spacial score (nSPS) is 10.3. The molecule has 0 unspecified atom stereocenters. The third-order valence-electron chi connectivity index (χ3n) is 2.35. The van der Waals surface area contributed by atoms with Crippen LogP contribution < -0.4 is 0 Å². The Labute approximate surface area is 97.8 Å². The van der Waals surface area contributed by atoms with E-state index in [0.29, 0.717) is 12.1 Å². The van der Waals surface area contributed by atoms with Gasteiger partial charge in [0.2, 0.25) is 0 Å². The van der Waals surface area contributed by atoms with Gasteiger partial charge in [-0.05, 0) is 19.3 Å². The second-order valence-electron chi connectivity index (χ2n) is 3.33. The molecule has 1 aromatic rings. The van der Waals surface area contributed by atoms with E-state index in [1.165, 1.54) is 0 Å². The zero-order chi connectivity index (χ0) is 11.3.